The van der Waals surface area contributed by atoms with Crippen molar-refractivity contribution in [3.8, 4) is 23.1 Å². The highest BCUT2D eigenvalue weighted by molar-refractivity contribution is 9.10. The van der Waals surface area contributed by atoms with Gasteiger partial charge in [-0.3, -0.25) is 9.59 Å². The first-order chi connectivity index (χ1) is 20.9. The first-order valence-corrected chi connectivity index (χ1v) is 13.8. The van der Waals surface area contributed by atoms with Gasteiger partial charge in [-0.05, 0) is 72.3 Å². The maximum atomic E-state index is 13.8. The van der Waals surface area contributed by atoms with E-state index in [0.29, 0.717) is 39.3 Å². The van der Waals surface area contributed by atoms with E-state index in [9.17, 15) is 14.0 Å². The second-order valence-corrected chi connectivity index (χ2v) is 10.2. The van der Waals surface area contributed by atoms with Crippen molar-refractivity contribution in [2.75, 3.05) is 19.0 Å². The summed E-state index contributed by atoms with van der Waals surface area (Å²) < 4.78 is 33.0. The van der Waals surface area contributed by atoms with Gasteiger partial charge in [0, 0.05) is 9.86 Å². The van der Waals surface area contributed by atoms with Gasteiger partial charge in [0.15, 0.2) is 23.9 Å². The number of para-hydroxylation sites is 2. The molecular weight excluding hydrogens is 619 g/mol. The SMILES string of the molecule is COc1cc(C=Nn2c(-c3cc4cc(Br)ccc4o3)nc3ccccc3c2=O)ccc1OCC(=O)Nc1ccccc1F. The predicted molar refractivity (Wildman–Crippen MR) is 165 cm³/mol. The molecule has 0 fully saturated rings. The number of carbonyl (C=O) groups is 1. The zero-order valence-corrected chi connectivity index (χ0v) is 24.2. The molecule has 11 heteroatoms. The normalized spacial score (nSPS) is 11.3. The van der Waals surface area contributed by atoms with Gasteiger partial charge in [0.1, 0.15) is 11.4 Å². The van der Waals surface area contributed by atoms with Crippen LogP contribution in [0.1, 0.15) is 5.56 Å². The van der Waals surface area contributed by atoms with Crippen LogP contribution < -0.4 is 20.3 Å². The number of ether oxygens (including phenoxy) is 2. The Morgan fingerprint density at radius 2 is 1.86 bits per heavy atom. The minimum Gasteiger partial charge on any atom is -0.493 e. The van der Waals surface area contributed by atoms with Crippen LogP contribution in [0.15, 0.2) is 110 Å². The third kappa shape index (κ3) is 5.88. The fourth-order valence-corrected chi connectivity index (χ4v) is 4.79. The van der Waals surface area contributed by atoms with Crippen molar-refractivity contribution in [2.24, 2.45) is 5.10 Å². The van der Waals surface area contributed by atoms with Gasteiger partial charge in [-0.25, -0.2) is 9.37 Å². The average Bonchev–Trinajstić information content (AvgIpc) is 3.44. The molecule has 0 aliphatic heterocycles. The van der Waals surface area contributed by atoms with Gasteiger partial charge in [-0.1, -0.05) is 40.2 Å². The number of nitrogens with zero attached hydrogens (tertiary/aromatic N) is 3. The Morgan fingerprint density at radius 1 is 1.05 bits per heavy atom. The van der Waals surface area contributed by atoms with E-state index in [0.717, 1.165) is 9.86 Å². The number of fused-ring (bicyclic) bond motifs is 2. The van der Waals surface area contributed by atoms with Crippen molar-refractivity contribution in [3.05, 3.63) is 117 Å². The van der Waals surface area contributed by atoms with E-state index in [1.54, 1.807) is 54.6 Å². The molecule has 0 saturated carbocycles. The number of hydrogen-bond donors (Lipinski definition) is 1. The van der Waals surface area contributed by atoms with Crippen LogP contribution in [0.3, 0.4) is 0 Å². The van der Waals surface area contributed by atoms with Crippen molar-refractivity contribution >= 4 is 55.6 Å². The highest BCUT2D eigenvalue weighted by atomic mass is 79.9. The first kappa shape index (κ1) is 27.9. The molecule has 4 aromatic carbocycles. The van der Waals surface area contributed by atoms with E-state index in [1.165, 1.54) is 36.2 Å². The highest BCUT2D eigenvalue weighted by Crippen LogP contribution is 2.30. The minimum atomic E-state index is -0.547. The van der Waals surface area contributed by atoms with Gasteiger partial charge in [0.05, 0.1) is 29.9 Å². The van der Waals surface area contributed by atoms with E-state index < -0.39 is 11.7 Å². The van der Waals surface area contributed by atoms with E-state index in [2.05, 4.69) is 26.3 Å². The molecule has 0 atom stereocenters. The maximum Gasteiger partial charge on any atom is 0.282 e. The lowest BCUT2D eigenvalue weighted by molar-refractivity contribution is -0.118. The number of methoxy groups -OCH3 is 1. The van der Waals surface area contributed by atoms with Crippen LogP contribution in [-0.2, 0) is 4.79 Å². The molecule has 214 valence electrons. The molecule has 6 rings (SSSR count). The molecule has 1 N–H and O–H groups in total. The number of hydrogen-bond acceptors (Lipinski definition) is 7. The van der Waals surface area contributed by atoms with Gasteiger partial charge < -0.3 is 19.2 Å². The molecule has 0 radical (unpaired) electrons. The number of halogens is 2. The Labute approximate surface area is 252 Å². The van der Waals surface area contributed by atoms with E-state index >= 15 is 0 Å². The van der Waals surface area contributed by atoms with Gasteiger partial charge in [-0.2, -0.15) is 9.78 Å². The molecule has 6 aromatic rings. The van der Waals surface area contributed by atoms with Gasteiger partial charge in [0.2, 0.25) is 5.82 Å². The van der Waals surface area contributed by atoms with Crippen LogP contribution in [0.2, 0.25) is 0 Å². The zero-order valence-electron chi connectivity index (χ0n) is 22.6. The lowest BCUT2D eigenvalue weighted by atomic mass is 10.2. The fourth-order valence-electron chi connectivity index (χ4n) is 4.42. The molecule has 0 spiro atoms. The molecule has 2 aromatic heterocycles. The Morgan fingerprint density at radius 3 is 2.70 bits per heavy atom. The van der Waals surface area contributed by atoms with E-state index in [4.69, 9.17) is 18.9 Å². The maximum absolute atomic E-state index is 13.8. The van der Waals surface area contributed by atoms with Crippen molar-refractivity contribution in [3.63, 3.8) is 0 Å². The summed E-state index contributed by atoms with van der Waals surface area (Å²) in [5.74, 6) is 0.153. The van der Waals surface area contributed by atoms with Crippen LogP contribution >= 0.6 is 15.9 Å². The van der Waals surface area contributed by atoms with Crippen molar-refractivity contribution in [1.29, 1.82) is 0 Å². The number of amides is 1. The number of aromatic nitrogens is 2. The smallest absolute Gasteiger partial charge is 0.282 e. The van der Waals surface area contributed by atoms with Crippen LogP contribution in [-0.4, -0.2) is 35.5 Å². The lowest BCUT2D eigenvalue weighted by Gasteiger charge is -2.12. The molecule has 0 aliphatic carbocycles. The number of furan rings is 1. The van der Waals surface area contributed by atoms with Crippen LogP contribution in [0, 0.1) is 5.82 Å². The molecule has 0 saturated heterocycles. The van der Waals surface area contributed by atoms with Gasteiger partial charge >= 0.3 is 0 Å². The molecule has 9 nitrogen and oxygen atoms in total. The zero-order chi connectivity index (χ0) is 29.9. The number of benzene rings is 4. The molecule has 0 unspecified atom stereocenters. The third-order valence-electron chi connectivity index (χ3n) is 6.47. The van der Waals surface area contributed by atoms with Crippen LogP contribution in [0.5, 0.6) is 11.5 Å². The fraction of sp³-hybridized carbons (Fsp3) is 0.0625. The minimum absolute atomic E-state index is 0.0583. The van der Waals surface area contributed by atoms with E-state index in [-0.39, 0.29) is 23.7 Å². The topological polar surface area (TPSA) is 108 Å². The number of nitrogens with one attached hydrogen (secondary N) is 1. The first-order valence-electron chi connectivity index (χ1n) is 13.0. The van der Waals surface area contributed by atoms with Crippen molar-refractivity contribution < 1.29 is 23.1 Å². The Balaban J connectivity index is 1.29. The second kappa shape index (κ2) is 11.9. The molecule has 0 aliphatic rings. The summed E-state index contributed by atoms with van der Waals surface area (Å²) in [5, 5.41) is 8.18. The van der Waals surface area contributed by atoms with Crippen molar-refractivity contribution in [2.45, 2.75) is 0 Å². The van der Waals surface area contributed by atoms with Gasteiger partial charge in [-0.15, -0.1) is 0 Å². The van der Waals surface area contributed by atoms with Crippen LogP contribution in [0.25, 0.3) is 33.5 Å². The van der Waals surface area contributed by atoms with Crippen LogP contribution in [0.4, 0.5) is 10.1 Å². The summed E-state index contributed by atoms with van der Waals surface area (Å²) in [6.45, 7) is -0.367. The van der Waals surface area contributed by atoms with Gasteiger partial charge in [0.25, 0.3) is 11.5 Å². The molecule has 0 bridgehead atoms. The molecule has 43 heavy (non-hydrogen) atoms. The summed E-state index contributed by atoms with van der Waals surface area (Å²) >= 11 is 3.47. The quantitative estimate of drug-likeness (QED) is 0.187. The number of anilines is 1. The monoisotopic (exact) mass is 640 g/mol. The standard InChI is InChI=1S/C32H22BrFN4O5/c1-41-28-14-19(10-12-27(28)42-18-30(39)36-25-9-5-3-7-23(25)34)17-35-38-31(37-24-8-4-2-6-22(24)32(38)40)29-16-20-15-21(33)11-13-26(20)43-29/h2-17H,18H2,1H3,(H,36,39). The molecule has 1 amide bonds. The third-order valence-corrected chi connectivity index (χ3v) is 6.96. The Hall–Kier alpha value is -5.29. The summed E-state index contributed by atoms with van der Waals surface area (Å²) in [4.78, 5) is 30.5. The summed E-state index contributed by atoms with van der Waals surface area (Å²) in [5.41, 5.74) is 1.42. The van der Waals surface area contributed by atoms with Crippen molar-refractivity contribution in [1.82, 2.24) is 9.66 Å². The summed E-state index contributed by atoms with van der Waals surface area (Å²) in [6.07, 6.45) is 1.48. The lowest BCUT2D eigenvalue weighted by Crippen LogP contribution is -2.21. The van der Waals surface area contributed by atoms with E-state index in [1.807, 2.05) is 18.2 Å². The molecule has 2 heterocycles. The predicted octanol–water partition coefficient (Wildman–Crippen LogP) is 6.62. The molecular formula is C32H22BrFN4O5. The number of rotatable bonds is 8. The summed E-state index contributed by atoms with van der Waals surface area (Å²) in [7, 11) is 1.46. The highest BCUT2D eigenvalue weighted by Gasteiger charge is 2.17. The Kier molecular flexibility index (Phi) is 7.71. The Bertz CT molecular complexity index is 2090. The average molecular weight is 641 g/mol. The summed E-state index contributed by atoms with van der Waals surface area (Å²) in [6, 6.07) is 25.2. The number of carbonyl (C=O) groups excluding carboxylic acids is 1. The second-order valence-electron chi connectivity index (χ2n) is 9.33. The largest absolute Gasteiger partial charge is 0.493 e.